The summed E-state index contributed by atoms with van der Waals surface area (Å²) in [5, 5.41) is 9.78. The molecule has 0 spiro atoms. The van der Waals surface area contributed by atoms with E-state index in [1.54, 1.807) is 0 Å². The van der Waals surface area contributed by atoms with Crippen LogP contribution < -0.4 is 10.6 Å². The van der Waals surface area contributed by atoms with Crippen LogP contribution in [0.15, 0.2) is 0 Å². The molecule has 2 aliphatic heterocycles. The molecule has 2 aliphatic rings. The normalized spacial score (nSPS) is 24.5. The van der Waals surface area contributed by atoms with Gasteiger partial charge in [0.2, 0.25) is 17.8 Å². The molecule has 1 saturated heterocycles. The molecule has 1 aromatic heterocycles. The van der Waals surface area contributed by atoms with Crippen LogP contribution in [0.4, 0.5) is 5.95 Å². The number of fused-ring (bicyclic) bond motifs is 1. The van der Waals surface area contributed by atoms with E-state index in [4.69, 9.17) is 4.74 Å². The molecule has 0 bridgehead atoms. The molecule has 3 rings (SSSR count). The summed E-state index contributed by atoms with van der Waals surface area (Å²) in [7, 11) is 0. The van der Waals surface area contributed by atoms with Gasteiger partial charge in [0.15, 0.2) is 5.82 Å². The van der Waals surface area contributed by atoms with Gasteiger partial charge in [-0.25, -0.2) is 4.68 Å². The maximum absolute atomic E-state index is 12.3. The molecule has 0 unspecified atom stereocenters. The fourth-order valence-corrected chi connectivity index (χ4v) is 2.60. The highest BCUT2D eigenvalue weighted by molar-refractivity contribution is 5.96. The molecule has 0 saturated carbocycles. The second kappa shape index (κ2) is 5.80. The minimum Gasteiger partial charge on any atom is -0.376 e. The zero-order valence-electron chi connectivity index (χ0n) is 12.0. The molecule has 1 fully saturated rings. The molecular formula is C13H19N5O3. The Morgan fingerprint density at radius 2 is 2.43 bits per heavy atom. The number of carbonyl (C=O) groups excluding carboxylic acids is 2. The third-order valence-electron chi connectivity index (χ3n) is 3.75. The number of nitrogens with one attached hydrogen (secondary N) is 2. The summed E-state index contributed by atoms with van der Waals surface area (Å²) in [5.74, 6) is 0.536. The van der Waals surface area contributed by atoms with Crippen molar-refractivity contribution in [3.8, 4) is 0 Å². The lowest BCUT2D eigenvalue weighted by molar-refractivity contribution is -0.129. The summed E-state index contributed by atoms with van der Waals surface area (Å²) in [6, 6.07) is -0.636. The van der Waals surface area contributed by atoms with Gasteiger partial charge in [-0.2, -0.15) is 10.1 Å². The van der Waals surface area contributed by atoms with Gasteiger partial charge in [-0.3, -0.25) is 14.9 Å². The zero-order valence-corrected chi connectivity index (χ0v) is 12.0. The molecule has 0 aromatic carbocycles. The monoisotopic (exact) mass is 293 g/mol. The highest BCUT2D eigenvalue weighted by atomic mass is 16.5. The van der Waals surface area contributed by atoms with Gasteiger partial charge in [0.05, 0.1) is 12.5 Å². The lowest BCUT2D eigenvalue weighted by Crippen LogP contribution is -2.41. The molecule has 114 valence electrons. The predicted octanol–water partition coefficient (Wildman–Crippen LogP) is 0.0190. The van der Waals surface area contributed by atoms with Crippen LogP contribution >= 0.6 is 0 Å². The lowest BCUT2D eigenvalue weighted by Gasteiger charge is -2.23. The highest BCUT2D eigenvalue weighted by Gasteiger charge is 2.33. The Labute approximate surface area is 122 Å². The molecular weight excluding hydrogens is 274 g/mol. The topological polar surface area (TPSA) is 98.1 Å². The highest BCUT2D eigenvalue weighted by Crippen LogP contribution is 2.23. The quantitative estimate of drug-likeness (QED) is 0.815. The predicted molar refractivity (Wildman–Crippen MR) is 73.7 cm³/mol. The summed E-state index contributed by atoms with van der Waals surface area (Å²) >= 11 is 0. The van der Waals surface area contributed by atoms with Gasteiger partial charge in [-0.1, -0.05) is 6.92 Å². The maximum atomic E-state index is 12.3. The summed E-state index contributed by atoms with van der Waals surface area (Å²) < 4.78 is 6.98. The summed E-state index contributed by atoms with van der Waals surface area (Å²) in [6.07, 6.45) is 2.80. The van der Waals surface area contributed by atoms with Crippen LogP contribution in [0, 0.1) is 0 Å². The van der Waals surface area contributed by atoms with Crippen LogP contribution in [-0.4, -0.2) is 45.8 Å². The first kappa shape index (κ1) is 14.0. The zero-order chi connectivity index (χ0) is 14.8. The fraction of sp³-hybridized carbons (Fsp3) is 0.692. The van der Waals surface area contributed by atoms with E-state index in [2.05, 4.69) is 20.7 Å². The Balaban J connectivity index is 1.70. The smallest absolute Gasteiger partial charge is 0.245 e. The SMILES string of the molecule is CCc1nc2n(n1)[C@@H](C(=O)NC[C@@H]1CCCO1)CC(=O)N2. The Hall–Kier alpha value is -1.96. The van der Waals surface area contributed by atoms with E-state index in [1.165, 1.54) is 4.68 Å². The Kier molecular flexibility index (Phi) is 3.87. The van der Waals surface area contributed by atoms with Crippen LogP contribution in [-0.2, 0) is 20.7 Å². The molecule has 2 N–H and O–H groups in total. The van der Waals surface area contributed by atoms with Crippen LogP contribution in [0.25, 0.3) is 0 Å². The number of aromatic nitrogens is 3. The summed E-state index contributed by atoms with van der Waals surface area (Å²) in [4.78, 5) is 28.2. The summed E-state index contributed by atoms with van der Waals surface area (Å²) in [6.45, 7) is 3.15. The molecule has 2 amide bonds. The number of nitrogens with zero attached hydrogens (tertiary/aromatic N) is 3. The van der Waals surface area contributed by atoms with Crippen molar-refractivity contribution >= 4 is 17.8 Å². The average molecular weight is 293 g/mol. The average Bonchev–Trinajstić information content (AvgIpc) is 3.12. The largest absolute Gasteiger partial charge is 0.376 e. The first-order chi connectivity index (χ1) is 10.2. The number of rotatable bonds is 4. The first-order valence-electron chi connectivity index (χ1n) is 7.32. The Bertz CT molecular complexity index is 550. The second-order valence-electron chi connectivity index (χ2n) is 5.30. The third kappa shape index (κ3) is 2.90. The Morgan fingerprint density at radius 1 is 1.57 bits per heavy atom. The number of aryl methyl sites for hydroxylation is 1. The van der Waals surface area contributed by atoms with Crippen LogP contribution in [0.5, 0.6) is 0 Å². The van der Waals surface area contributed by atoms with Crippen molar-refractivity contribution in [3.63, 3.8) is 0 Å². The van der Waals surface area contributed by atoms with Crippen LogP contribution in [0.1, 0.15) is 38.1 Å². The number of carbonyl (C=O) groups is 2. The van der Waals surface area contributed by atoms with Gasteiger partial charge in [-0.15, -0.1) is 0 Å². The molecule has 2 atom stereocenters. The van der Waals surface area contributed by atoms with Gasteiger partial charge >= 0.3 is 0 Å². The van der Waals surface area contributed by atoms with Gasteiger partial charge < -0.3 is 10.1 Å². The van der Waals surface area contributed by atoms with E-state index in [0.29, 0.717) is 24.7 Å². The summed E-state index contributed by atoms with van der Waals surface area (Å²) in [5.41, 5.74) is 0. The lowest BCUT2D eigenvalue weighted by atomic mass is 10.1. The Morgan fingerprint density at radius 3 is 3.14 bits per heavy atom. The van der Waals surface area contributed by atoms with Crippen molar-refractivity contribution in [1.29, 1.82) is 0 Å². The van der Waals surface area contributed by atoms with E-state index in [-0.39, 0.29) is 24.3 Å². The third-order valence-corrected chi connectivity index (χ3v) is 3.75. The number of ether oxygens (including phenoxy) is 1. The van der Waals surface area contributed by atoms with Gasteiger partial charge in [0.25, 0.3) is 0 Å². The molecule has 8 nitrogen and oxygen atoms in total. The molecule has 1 aromatic rings. The van der Waals surface area contributed by atoms with Crippen LogP contribution in [0.2, 0.25) is 0 Å². The number of amides is 2. The number of anilines is 1. The fourth-order valence-electron chi connectivity index (χ4n) is 2.60. The van der Waals surface area contributed by atoms with Crippen molar-refractivity contribution in [2.75, 3.05) is 18.5 Å². The van der Waals surface area contributed by atoms with Gasteiger partial charge in [0, 0.05) is 19.6 Å². The van der Waals surface area contributed by atoms with Crippen molar-refractivity contribution in [3.05, 3.63) is 5.82 Å². The molecule has 0 radical (unpaired) electrons. The molecule has 21 heavy (non-hydrogen) atoms. The minimum absolute atomic E-state index is 0.0767. The first-order valence-corrected chi connectivity index (χ1v) is 7.32. The van der Waals surface area contributed by atoms with Gasteiger partial charge in [0.1, 0.15) is 6.04 Å². The minimum atomic E-state index is -0.636. The number of hydrogen-bond donors (Lipinski definition) is 2. The van der Waals surface area contributed by atoms with Crippen molar-refractivity contribution in [2.24, 2.45) is 0 Å². The second-order valence-corrected chi connectivity index (χ2v) is 5.30. The standard InChI is InChI=1S/C13H19N5O3/c1-2-10-15-13-16-11(19)6-9(18(13)17-10)12(20)14-7-8-4-3-5-21-8/h8-9H,2-7H2,1H3,(H,14,20)(H,15,16,17,19)/t8-,9+/m0/s1. The van der Waals surface area contributed by atoms with E-state index in [0.717, 1.165) is 19.4 Å². The van der Waals surface area contributed by atoms with Gasteiger partial charge in [-0.05, 0) is 12.8 Å². The van der Waals surface area contributed by atoms with E-state index >= 15 is 0 Å². The van der Waals surface area contributed by atoms with Crippen molar-refractivity contribution in [2.45, 2.75) is 44.8 Å². The molecule has 0 aliphatic carbocycles. The molecule has 8 heteroatoms. The van der Waals surface area contributed by atoms with Crippen molar-refractivity contribution in [1.82, 2.24) is 20.1 Å². The van der Waals surface area contributed by atoms with Crippen LogP contribution in [0.3, 0.4) is 0 Å². The van der Waals surface area contributed by atoms with E-state index < -0.39 is 6.04 Å². The maximum Gasteiger partial charge on any atom is 0.245 e. The van der Waals surface area contributed by atoms with Crippen molar-refractivity contribution < 1.29 is 14.3 Å². The van der Waals surface area contributed by atoms with E-state index in [1.807, 2.05) is 6.92 Å². The number of hydrogen-bond acceptors (Lipinski definition) is 5. The van der Waals surface area contributed by atoms with E-state index in [9.17, 15) is 9.59 Å². The molecule has 3 heterocycles.